The first-order valence-electron chi connectivity index (χ1n) is 8.89. The average Bonchev–Trinajstić information content (AvgIpc) is 2.94. The first kappa shape index (κ1) is 20.6. The van der Waals surface area contributed by atoms with E-state index in [1.165, 1.54) is 10.8 Å². The summed E-state index contributed by atoms with van der Waals surface area (Å²) in [7, 11) is -2.33. The van der Waals surface area contributed by atoms with Crippen LogP contribution >= 0.6 is 0 Å². The Balaban J connectivity index is 1.99. The summed E-state index contributed by atoms with van der Waals surface area (Å²) in [5.41, 5.74) is 0.861. The van der Waals surface area contributed by atoms with Crippen LogP contribution in [0.2, 0.25) is 0 Å². The molecule has 1 aromatic heterocycles. The molecular formula is C20H22N4O4S. The third kappa shape index (κ3) is 3.90. The van der Waals surface area contributed by atoms with Gasteiger partial charge in [0.1, 0.15) is 11.5 Å². The number of nitriles is 1. The van der Waals surface area contributed by atoms with Crippen molar-refractivity contribution in [1.29, 1.82) is 5.26 Å². The molecule has 0 saturated carbocycles. The molecule has 2 N–H and O–H groups in total. The third-order valence-corrected chi connectivity index (χ3v) is 6.37. The predicted molar refractivity (Wildman–Crippen MR) is 108 cm³/mol. The fraction of sp³-hybridized carbons (Fsp3) is 0.300. The quantitative estimate of drug-likeness (QED) is 0.746. The van der Waals surface area contributed by atoms with Crippen LogP contribution in [0.5, 0.6) is 5.75 Å². The van der Waals surface area contributed by atoms with Crippen molar-refractivity contribution in [3.8, 4) is 11.8 Å². The van der Waals surface area contributed by atoms with Crippen molar-refractivity contribution < 1.29 is 17.9 Å². The lowest BCUT2D eigenvalue weighted by atomic mass is 10.0. The molecule has 1 aliphatic rings. The van der Waals surface area contributed by atoms with E-state index < -0.39 is 21.5 Å². The van der Waals surface area contributed by atoms with Crippen LogP contribution in [-0.2, 0) is 17.1 Å². The molecule has 1 amide bonds. The van der Waals surface area contributed by atoms with Crippen LogP contribution in [-0.4, -0.2) is 31.0 Å². The minimum absolute atomic E-state index is 0.00194. The Morgan fingerprint density at radius 2 is 2.24 bits per heavy atom. The van der Waals surface area contributed by atoms with Gasteiger partial charge in [0.05, 0.1) is 17.2 Å². The zero-order valence-corrected chi connectivity index (χ0v) is 17.3. The number of carbonyl (C=O) groups is 1. The summed E-state index contributed by atoms with van der Waals surface area (Å²) < 4.78 is 35.5. The highest BCUT2D eigenvalue weighted by atomic mass is 32.2. The van der Waals surface area contributed by atoms with E-state index in [0.717, 1.165) is 5.56 Å². The Morgan fingerprint density at radius 1 is 1.52 bits per heavy atom. The number of anilines is 1. The summed E-state index contributed by atoms with van der Waals surface area (Å²) in [6.45, 7) is 7.22. The van der Waals surface area contributed by atoms with E-state index in [2.05, 4.69) is 22.7 Å². The number of aryl methyl sites for hydroxylation is 2. The fourth-order valence-electron chi connectivity index (χ4n) is 3.24. The molecule has 0 radical (unpaired) electrons. The van der Waals surface area contributed by atoms with Crippen LogP contribution in [0.3, 0.4) is 0 Å². The van der Waals surface area contributed by atoms with E-state index in [1.807, 2.05) is 0 Å². The van der Waals surface area contributed by atoms with Crippen molar-refractivity contribution in [2.45, 2.75) is 30.7 Å². The van der Waals surface area contributed by atoms with E-state index in [4.69, 9.17) is 4.74 Å². The Morgan fingerprint density at radius 3 is 2.90 bits per heavy atom. The number of hydrogen-bond acceptors (Lipinski definition) is 5. The van der Waals surface area contributed by atoms with Gasteiger partial charge in [-0.1, -0.05) is 12.1 Å². The summed E-state index contributed by atoms with van der Waals surface area (Å²) >= 11 is 0. The van der Waals surface area contributed by atoms with Gasteiger partial charge in [-0.15, -0.1) is 6.58 Å². The van der Waals surface area contributed by atoms with Crippen molar-refractivity contribution in [3.63, 3.8) is 0 Å². The first-order chi connectivity index (χ1) is 13.6. The Hall–Kier alpha value is -3.09. The summed E-state index contributed by atoms with van der Waals surface area (Å²) in [6.07, 6.45) is 3.33. The molecule has 2 heterocycles. The van der Waals surface area contributed by atoms with Gasteiger partial charge in [-0.2, -0.15) is 5.26 Å². The lowest BCUT2D eigenvalue weighted by Gasteiger charge is -2.26. The summed E-state index contributed by atoms with van der Waals surface area (Å²) in [6, 6.07) is 7.04. The number of ether oxygens (including phenoxy) is 1. The molecule has 3 rings (SSSR count). The second-order valence-electron chi connectivity index (χ2n) is 7.33. The van der Waals surface area contributed by atoms with Gasteiger partial charge in [0.25, 0.3) is 5.91 Å². The van der Waals surface area contributed by atoms with Crippen molar-refractivity contribution in [2.24, 2.45) is 7.05 Å². The van der Waals surface area contributed by atoms with E-state index in [1.54, 1.807) is 45.2 Å². The largest absolute Gasteiger partial charge is 0.488 e. The molecule has 1 aromatic carbocycles. The Labute approximate surface area is 169 Å². The smallest absolute Gasteiger partial charge is 0.276 e. The second kappa shape index (κ2) is 7.39. The Bertz CT molecular complexity index is 1140. The summed E-state index contributed by atoms with van der Waals surface area (Å²) in [5, 5.41) is 11.9. The molecule has 1 aliphatic heterocycles. The maximum absolute atomic E-state index is 12.9. The minimum atomic E-state index is -3.90. The molecule has 0 saturated heterocycles. The van der Waals surface area contributed by atoms with Crippen LogP contribution in [0.4, 0.5) is 5.69 Å². The molecule has 8 nitrogen and oxygen atoms in total. The maximum atomic E-state index is 12.9. The number of sulfonamides is 1. The predicted octanol–water partition coefficient (Wildman–Crippen LogP) is 2.46. The second-order valence-corrected chi connectivity index (χ2v) is 8.98. The monoisotopic (exact) mass is 414 g/mol. The van der Waals surface area contributed by atoms with Gasteiger partial charge in [-0.25, -0.2) is 13.1 Å². The number of fused-ring (bicyclic) bond motifs is 1. The van der Waals surface area contributed by atoms with Gasteiger partial charge in [-0.3, -0.25) is 4.79 Å². The zero-order valence-electron chi connectivity index (χ0n) is 16.4. The topological polar surface area (TPSA) is 113 Å². The highest BCUT2D eigenvalue weighted by Gasteiger charge is 2.39. The van der Waals surface area contributed by atoms with Crippen LogP contribution in [0.15, 0.2) is 41.9 Å². The van der Waals surface area contributed by atoms with Gasteiger partial charge >= 0.3 is 0 Å². The first-order valence-corrected chi connectivity index (χ1v) is 10.4. The number of benzene rings is 1. The number of hydrogen-bond donors (Lipinski definition) is 2. The van der Waals surface area contributed by atoms with Crippen LogP contribution in [0.25, 0.3) is 0 Å². The molecule has 0 spiro atoms. The van der Waals surface area contributed by atoms with E-state index >= 15 is 0 Å². The SMILES string of the molecule is C=CC[C@@]1(C)COc2c(cn(C)c2C(=O)Nc2ccc(C)c(C#N)c2)S(=O)(=O)N1. The average molecular weight is 414 g/mol. The maximum Gasteiger partial charge on any atom is 0.276 e. The highest BCUT2D eigenvalue weighted by molar-refractivity contribution is 7.89. The number of nitrogens with zero attached hydrogens (tertiary/aromatic N) is 2. The zero-order chi connectivity index (χ0) is 21.4. The van der Waals surface area contributed by atoms with Crippen LogP contribution in [0.1, 0.15) is 35.0 Å². The molecule has 29 heavy (non-hydrogen) atoms. The molecule has 1 atom stereocenters. The number of nitrogens with one attached hydrogen (secondary N) is 2. The van der Waals surface area contributed by atoms with Gasteiger partial charge < -0.3 is 14.6 Å². The van der Waals surface area contributed by atoms with Gasteiger partial charge in [0.2, 0.25) is 10.0 Å². The van der Waals surface area contributed by atoms with Gasteiger partial charge in [0, 0.05) is 18.9 Å². The molecular weight excluding hydrogens is 392 g/mol. The van der Waals surface area contributed by atoms with Crippen molar-refractivity contribution >= 4 is 21.6 Å². The summed E-state index contributed by atoms with van der Waals surface area (Å²) in [5.74, 6) is -0.540. The van der Waals surface area contributed by atoms with Crippen LogP contribution < -0.4 is 14.8 Å². The van der Waals surface area contributed by atoms with E-state index in [-0.39, 0.29) is 22.9 Å². The van der Waals surface area contributed by atoms with Crippen molar-refractivity contribution in [3.05, 3.63) is 53.9 Å². The lowest BCUT2D eigenvalue weighted by molar-refractivity contribution is 0.101. The van der Waals surface area contributed by atoms with Crippen molar-refractivity contribution in [1.82, 2.24) is 9.29 Å². The fourth-order valence-corrected chi connectivity index (χ4v) is 4.84. The normalized spacial score (nSPS) is 19.9. The number of aromatic nitrogens is 1. The number of carbonyl (C=O) groups excluding carboxylic acids is 1. The standard InChI is InChI=1S/C20H22N4O4S/c1-5-8-20(3)12-28-18-16(29(26,27)23-20)11-24(4)17(18)19(25)22-15-7-6-13(2)14(9-15)10-21/h5-7,9,11,23H,1,8,12H2,2-4H3,(H,22,25)/t20-/m0/s1. The minimum Gasteiger partial charge on any atom is -0.488 e. The molecule has 0 unspecified atom stereocenters. The van der Waals surface area contributed by atoms with E-state index in [0.29, 0.717) is 17.7 Å². The Kier molecular flexibility index (Phi) is 5.26. The van der Waals surface area contributed by atoms with Crippen LogP contribution in [0, 0.1) is 18.3 Å². The number of rotatable bonds is 4. The van der Waals surface area contributed by atoms with Crippen molar-refractivity contribution in [2.75, 3.05) is 11.9 Å². The number of amides is 1. The molecule has 9 heteroatoms. The summed E-state index contributed by atoms with van der Waals surface area (Å²) in [4.78, 5) is 12.8. The molecule has 2 aromatic rings. The van der Waals surface area contributed by atoms with Gasteiger partial charge in [0.15, 0.2) is 11.4 Å². The molecule has 0 bridgehead atoms. The molecule has 152 valence electrons. The molecule has 0 fully saturated rings. The highest BCUT2D eigenvalue weighted by Crippen LogP contribution is 2.35. The van der Waals surface area contributed by atoms with E-state index in [9.17, 15) is 18.5 Å². The lowest BCUT2D eigenvalue weighted by Crippen LogP contribution is -2.48. The third-order valence-electron chi connectivity index (χ3n) is 4.73. The molecule has 0 aliphatic carbocycles. The van der Waals surface area contributed by atoms with Gasteiger partial charge in [-0.05, 0) is 38.0 Å².